The third-order valence-electron chi connectivity index (χ3n) is 2.96. The summed E-state index contributed by atoms with van der Waals surface area (Å²) in [5, 5.41) is 0. The Hall–Kier alpha value is -0.520. The Balaban J connectivity index is 2.37. The minimum absolute atomic E-state index is 0.431. The van der Waals surface area contributed by atoms with Crippen LogP contribution in [0.3, 0.4) is 0 Å². The van der Waals surface area contributed by atoms with E-state index in [-0.39, 0.29) is 0 Å². The molecular weight excluding hydrogens is 160 g/mol. The average Bonchev–Trinajstić information content (AvgIpc) is 2.16. The van der Waals surface area contributed by atoms with E-state index >= 15 is 0 Å². The molecule has 74 valence electrons. The number of nitrogens with zero attached hydrogens (tertiary/aromatic N) is 1. The van der Waals surface area contributed by atoms with Gasteiger partial charge in [-0.05, 0) is 32.2 Å². The summed E-state index contributed by atoms with van der Waals surface area (Å²) in [6, 6.07) is 1.11. The lowest BCUT2D eigenvalue weighted by Crippen LogP contribution is -2.40. The van der Waals surface area contributed by atoms with Crippen molar-refractivity contribution in [1.82, 2.24) is 4.90 Å². The standard InChI is InChI=1S/C11H20N2/c1-3-9-13(4-2)11-7-5-10(12)6-8-11/h1,10-11H,4-9,12H2,2H3. The maximum Gasteiger partial charge on any atom is 0.0601 e. The second kappa shape index (κ2) is 5.26. The summed E-state index contributed by atoms with van der Waals surface area (Å²) in [7, 11) is 0. The molecule has 2 nitrogen and oxygen atoms in total. The van der Waals surface area contributed by atoms with E-state index in [1.165, 1.54) is 12.8 Å². The van der Waals surface area contributed by atoms with Gasteiger partial charge in [0.25, 0.3) is 0 Å². The molecule has 0 radical (unpaired) electrons. The summed E-state index contributed by atoms with van der Waals surface area (Å²) >= 11 is 0. The van der Waals surface area contributed by atoms with Crippen LogP contribution >= 0.6 is 0 Å². The van der Waals surface area contributed by atoms with E-state index in [9.17, 15) is 0 Å². The molecule has 2 N–H and O–H groups in total. The van der Waals surface area contributed by atoms with Crippen LogP contribution in [0.2, 0.25) is 0 Å². The fourth-order valence-electron chi connectivity index (χ4n) is 2.08. The minimum Gasteiger partial charge on any atom is -0.328 e. The first-order valence-electron chi connectivity index (χ1n) is 5.21. The topological polar surface area (TPSA) is 29.3 Å². The highest BCUT2D eigenvalue weighted by molar-refractivity contribution is 4.91. The fourth-order valence-corrected chi connectivity index (χ4v) is 2.08. The highest BCUT2D eigenvalue weighted by atomic mass is 15.1. The van der Waals surface area contributed by atoms with Gasteiger partial charge in [-0.2, -0.15) is 0 Å². The molecule has 1 rings (SSSR count). The van der Waals surface area contributed by atoms with E-state index in [0.29, 0.717) is 12.1 Å². The van der Waals surface area contributed by atoms with Crippen molar-refractivity contribution in [2.45, 2.75) is 44.7 Å². The lowest BCUT2D eigenvalue weighted by molar-refractivity contribution is 0.175. The fraction of sp³-hybridized carbons (Fsp3) is 0.818. The van der Waals surface area contributed by atoms with Crippen molar-refractivity contribution in [3.8, 4) is 12.3 Å². The van der Waals surface area contributed by atoms with Gasteiger partial charge >= 0.3 is 0 Å². The highest BCUT2D eigenvalue weighted by Gasteiger charge is 2.22. The Morgan fingerprint density at radius 1 is 1.38 bits per heavy atom. The van der Waals surface area contributed by atoms with Gasteiger partial charge in [-0.15, -0.1) is 6.42 Å². The van der Waals surface area contributed by atoms with Crippen molar-refractivity contribution in [2.24, 2.45) is 5.73 Å². The van der Waals surface area contributed by atoms with Crippen LogP contribution < -0.4 is 5.73 Å². The number of rotatable bonds is 3. The molecule has 0 aromatic heterocycles. The van der Waals surface area contributed by atoms with Crippen molar-refractivity contribution in [3.05, 3.63) is 0 Å². The van der Waals surface area contributed by atoms with Gasteiger partial charge in [-0.1, -0.05) is 12.8 Å². The predicted molar refractivity (Wildman–Crippen MR) is 56.3 cm³/mol. The normalized spacial score (nSPS) is 28.8. The second-order valence-electron chi connectivity index (χ2n) is 3.84. The van der Waals surface area contributed by atoms with Crippen molar-refractivity contribution in [1.29, 1.82) is 0 Å². The summed E-state index contributed by atoms with van der Waals surface area (Å²) in [6.07, 6.45) is 10.1. The van der Waals surface area contributed by atoms with E-state index in [1.54, 1.807) is 0 Å². The monoisotopic (exact) mass is 180 g/mol. The highest BCUT2D eigenvalue weighted by Crippen LogP contribution is 2.21. The van der Waals surface area contributed by atoms with E-state index in [4.69, 9.17) is 12.2 Å². The van der Waals surface area contributed by atoms with E-state index in [2.05, 4.69) is 17.7 Å². The predicted octanol–water partition coefficient (Wildman–Crippen LogP) is 1.21. The minimum atomic E-state index is 0.431. The summed E-state index contributed by atoms with van der Waals surface area (Å²) in [5.41, 5.74) is 5.85. The molecule has 0 atom stereocenters. The van der Waals surface area contributed by atoms with Gasteiger partial charge in [-0.25, -0.2) is 0 Å². The van der Waals surface area contributed by atoms with Crippen LogP contribution in [0.5, 0.6) is 0 Å². The smallest absolute Gasteiger partial charge is 0.0601 e. The largest absolute Gasteiger partial charge is 0.328 e. The van der Waals surface area contributed by atoms with E-state index in [0.717, 1.165) is 25.9 Å². The number of hydrogen-bond acceptors (Lipinski definition) is 2. The Morgan fingerprint density at radius 3 is 2.46 bits per heavy atom. The molecule has 1 saturated carbocycles. The Bertz CT molecular complexity index is 175. The Kier molecular flexibility index (Phi) is 4.27. The zero-order valence-corrected chi connectivity index (χ0v) is 8.50. The van der Waals surface area contributed by atoms with Crippen LogP contribution in [-0.2, 0) is 0 Å². The zero-order valence-electron chi connectivity index (χ0n) is 8.50. The molecule has 1 fully saturated rings. The van der Waals surface area contributed by atoms with Crippen LogP contribution in [0.25, 0.3) is 0 Å². The van der Waals surface area contributed by atoms with Crippen molar-refractivity contribution in [3.63, 3.8) is 0 Å². The number of nitrogens with two attached hydrogens (primary N) is 1. The molecule has 0 amide bonds. The van der Waals surface area contributed by atoms with Gasteiger partial charge in [0.15, 0.2) is 0 Å². The number of hydrogen-bond donors (Lipinski definition) is 1. The Labute approximate surface area is 81.5 Å². The van der Waals surface area contributed by atoms with Gasteiger partial charge in [0, 0.05) is 12.1 Å². The van der Waals surface area contributed by atoms with Crippen LogP contribution in [0.15, 0.2) is 0 Å². The van der Waals surface area contributed by atoms with Gasteiger partial charge in [0.2, 0.25) is 0 Å². The molecular formula is C11H20N2. The van der Waals surface area contributed by atoms with Crippen molar-refractivity contribution >= 4 is 0 Å². The van der Waals surface area contributed by atoms with Gasteiger partial charge < -0.3 is 5.73 Å². The van der Waals surface area contributed by atoms with E-state index < -0.39 is 0 Å². The molecule has 0 bridgehead atoms. The maximum absolute atomic E-state index is 5.85. The lowest BCUT2D eigenvalue weighted by Gasteiger charge is -2.34. The first-order chi connectivity index (χ1) is 6.27. The first kappa shape index (κ1) is 10.6. The average molecular weight is 180 g/mol. The van der Waals surface area contributed by atoms with E-state index in [1.807, 2.05) is 0 Å². The van der Waals surface area contributed by atoms with Gasteiger partial charge in [0.1, 0.15) is 0 Å². The Morgan fingerprint density at radius 2 is 2.00 bits per heavy atom. The van der Waals surface area contributed by atoms with Gasteiger partial charge in [-0.3, -0.25) is 4.90 Å². The third kappa shape index (κ3) is 3.02. The van der Waals surface area contributed by atoms with Gasteiger partial charge in [0.05, 0.1) is 6.54 Å². The maximum atomic E-state index is 5.85. The second-order valence-corrected chi connectivity index (χ2v) is 3.84. The van der Waals surface area contributed by atoms with Crippen LogP contribution in [-0.4, -0.2) is 30.1 Å². The van der Waals surface area contributed by atoms with Crippen LogP contribution in [0, 0.1) is 12.3 Å². The quantitative estimate of drug-likeness (QED) is 0.662. The number of terminal acetylenes is 1. The summed E-state index contributed by atoms with van der Waals surface area (Å²) in [6.45, 7) is 4.02. The SMILES string of the molecule is C#CCN(CC)C1CCC(N)CC1. The summed E-state index contributed by atoms with van der Waals surface area (Å²) in [4.78, 5) is 2.38. The van der Waals surface area contributed by atoms with Crippen LogP contribution in [0.1, 0.15) is 32.6 Å². The molecule has 13 heavy (non-hydrogen) atoms. The van der Waals surface area contributed by atoms with Crippen LogP contribution in [0.4, 0.5) is 0 Å². The summed E-state index contributed by atoms with van der Waals surface area (Å²) in [5.74, 6) is 2.72. The molecule has 2 heteroatoms. The first-order valence-corrected chi connectivity index (χ1v) is 5.21. The van der Waals surface area contributed by atoms with Crippen molar-refractivity contribution in [2.75, 3.05) is 13.1 Å². The molecule has 0 aliphatic heterocycles. The molecule has 0 aromatic rings. The molecule has 0 unspecified atom stereocenters. The molecule has 1 aliphatic carbocycles. The summed E-state index contributed by atoms with van der Waals surface area (Å²) < 4.78 is 0. The third-order valence-corrected chi connectivity index (χ3v) is 2.96. The molecule has 0 heterocycles. The molecule has 0 saturated heterocycles. The molecule has 0 aromatic carbocycles. The lowest BCUT2D eigenvalue weighted by atomic mass is 9.91. The van der Waals surface area contributed by atoms with Crippen molar-refractivity contribution < 1.29 is 0 Å². The molecule has 0 spiro atoms. The zero-order chi connectivity index (χ0) is 9.68. The molecule has 1 aliphatic rings.